The summed E-state index contributed by atoms with van der Waals surface area (Å²) in [7, 11) is 0. The van der Waals surface area contributed by atoms with Gasteiger partial charge in [0.1, 0.15) is 13.2 Å². The van der Waals surface area contributed by atoms with Crippen LogP contribution in [-0.4, -0.2) is 62.7 Å². The Morgan fingerprint density at radius 1 is 0.793 bits per heavy atom. The average molecular weight is 402 g/mol. The van der Waals surface area contributed by atoms with E-state index in [9.17, 15) is 5.11 Å². The number of fused-ring (bicyclic) bond motifs is 1. The molecule has 6 nitrogen and oxygen atoms in total. The molecule has 6 heteroatoms. The quantitative estimate of drug-likeness (QED) is 0.853. The van der Waals surface area contributed by atoms with Crippen molar-refractivity contribution in [3.05, 3.63) is 59.7 Å². The molecule has 0 spiro atoms. The lowest BCUT2D eigenvalue weighted by Crippen LogP contribution is -2.31. The average Bonchev–Trinajstić information content (AvgIpc) is 2.74. The highest BCUT2D eigenvalue weighted by atomic mass is 16.6. The van der Waals surface area contributed by atoms with E-state index in [1.807, 2.05) is 42.5 Å². The predicted molar refractivity (Wildman–Crippen MR) is 111 cm³/mol. The Balaban J connectivity index is 1.58. The third-order valence-electron chi connectivity index (χ3n) is 4.82. The van der Waals surface area contributed by atoms with Crippen LogP contribution >= 0.6 is 0 Å². The summed E-state index contributed by atoms with van der Waals surface area (Å²) in [5, 5.41) is 10.0. The summed E-state index contributed by atoms with van der Waals surface area (Å²) in [5.74, 6) is 1.45. The van der Waals surface area contributed by atoms with Crippen LogP contribution in [0.1, 0.15) is 24.2 Å². The molecule has 2 aromatic rings. The minimum atomic E-state index is -0.488. The van der Waals surface area contributed by atoms with Gasteiger partial charge in [-0.25, -0.2) is 0 Å². The van der Waals surface area contributed by atoms with Crippen LogP contribution in [0.4, 0.5) is 0 Å². The summed E-state index contributed by atoms with van der Waals surface area (Å²) in [5.41, 5.74) is 2.09. The Kier molecular flexibility index (Phi) is 8.77. The van der Waals surface area contributed by atoms with Gasteiger partial charge in [-0.05, 0) is 30.2 Å². The van der Waals surface area contributed by atoms with Gasteiger partial charge in [-0.3, -0.25) is 4.90 Å². The number of aliphatic hydroxyl groups excluding tert-OH is 1. The molecule has 29 heavy (non-hydrogen) atoms. The van der Waals surface area contributed by atoms with E-state index >= 15 is 0 Å². The van der Waals surface area contributed by atoms with Crippen molar-refractivity contribution in [2.24, 2.45) is 0 Å². The first kappa shape index (κ1) is 21.6. The van der Waals surface area contributed by atoms with Crippen LogP contribution < -0.4 is 9.47 Å². The maximum absolute atomic E-state index is 10.0. The highest BCUT2D eigenvalue weighted by Crippen LogP contribution is 2.26. The van der Waals surface area contributed by atoms with Crippen LogP contribution in [0.3, 0.4) is 0 Å². The molecular formula is C23H31NO5. The topological polar surface area (TPSA) is 60.4 Å². The number of hydrogen-bond donors (Lipinski definition) is 1. The second-order valence-electron chi connectivity index (χ2n) is 7.02. The Morgan fingerprint density at radius 3 is 1.93 bits per heavy atom. The minimum absolute atomic E-state index is 0.474. The van der Waals surface area contributed by atoms with Crippen LogP contribution in [0.5, 0.6) is 11.5 Å². The van der Waals surface area contributed by atoms with Crippen molar-refractivity contribution in [2.45, 2.75) is 19.6 Å². The first-order chi connectivity index (χ1) is 14.2. The van der Waals surface area contributed by atoms with Gasteiger partial charge in [-0.1, -0.05) is 36.4 Å². The van der Waals surface area contributed by atoms with Crippen LogP contribution in [0.15, 0.2) is 48.5 Å². The maximum atomic E-state index is 10.0. The van der Waals surface area contributed by atoms with Crippen molar-refractivity contribution in [1.82, 2.24) is 4.90 Å². The Labute approximate surface area is 173 Å². The van der Waals surface area contributed by atoms with Crippen LogP contribution in [0, 0.1) is 0 Å². The fraction of sp³-hybridized carbons (Fsp3) is 0.478. The summed E-state index contributed by atoms with van der Waals surface area (Å²) in [4.78, 5) is 2.29. The molecule has 0 aromatic heterocycles. The second-order valence-corrected chi connectivity index (χ2v) is 7.02. The number of aliphatic hydroxyl groups is 1. The lowest BCUT2D eigenvalue weighted by atomic mass is 10.0. The highest BCUT2D eigenvalue weighted by molar-refractivity contribution is 5.39. The Morgan fingerprint density at radius 2 is 1.34 bits per heavy atom. The molecule has 1 aliphatic heterocycles. The number of ether oxygens (including phenoxy) is 4. The smallest absolute Gasteiger partial charge is 0.161 e. The first-order valence-corrected chi connectivity index (χ1v) is 10.2. The summed E-state index contributed by atoms with van der Waals surface area (Å²) >= 11 is 0. The van der Waals surface area contributed by atoms with Gasteiger partial charge in [0.15, 0.2) is 11.5 Å². The monoisotopic (exact) mass is 401 g/mol. The molecule has 0 unspecified atom stereocenters. The van der Waals surface area contributed by atoms with Gasteiger partial charge in [-0.15, -0.1) is 0 Å². The SMILES string of the molecule is C[C@@H](O)c1ccccc1CN1CCOCCOc2ccccc2OCCOCC1. The number of rotatable bonds is 3. The fourth-order valence-corrected chi connectivity index (χ4v) is 3.30. The fourth-order valence-electron chi connectivity index (χ4n) is 3.30. The van der Waals surface area contributed by atoms with Gasteiger partial charge >= 0.3 is 0 Å². The van der Waals surface area contributed by atoms with Crippen molar-refractivity contribution in [3.63, 3.8) is 0 Å². The van der Waals surface area contributed by atoms with Gasteiger partial charge in [0.05, 0.1) is 32.5 Å². The van der Waals surface area contributed by atoms with Crippen LogP contribution in [-0.2, 0) is 16.0 Å². The van der Waals surface area contributed by atoms with Gasteiger partial charge in [-0.2, -0.15) is 0 Å². The van der Waals surface area contributed by atoms with Crippen molar-refractivity contribution >= 4 is 0 Å². The zero-order valence-corrected chi connectivity index (χ0v) is 17.1. The molecule has 0 saturated heterocycles. The van der Waals surface area contributed by atoms with Crippen molar-refractivity contribution in [1.29, 1.82) is 0 Å². The largest absolute Gasteiger partial charge is 0.487 e. The van der Waals surface area contributed by atoms with Crippen molar-refractivity contribution < 1.29 is 24.1 Å². The predicted octanol–water partition coefficient (Wildman–Crippen LogP) is 3.05. The number of nitrogens with zero attached hydrogens (tertiary/aromatic N) is 1. The standard InChI is InChI=1S/C23H31NO5/c1-19(25)21-7-3-2-6-20(21)18-24-10-12-26-14-16-28-22-8-4-5-9-23(22)29-17-15-27-13-11-24/h2-9,19,25H,10-18H2,1H3/t19-/m1/s1. The summed E-state index contributed by atoms with van der Waals surface area (Å²) < 4.78 is 23.1. The zero-order valence-electron chi connectivity index (χ0n) is 17.1. The molecule has 2 aromatic carbocycles. The number of hydrogen-bond acceptors (Lipinski definition) is 6. The van der Waals surface area contributed by atoms with Gasteiger partial charge in [0.2, 0.25) is 0 Å². The summed E-state index contributed by atoms with van der Waals surface area (Å²) in [6.45, 7) is 7.31. The molecule has 0 saturated carbocycles. The van der Waals surface area contributed by atoms with Crippen molar-refractivity contribution in [2.75, 3.05) is 52.7 Å². The van der Waals surface area contributed by atoms with Crippen molar-refractivity contribution in [3.8, 4) is 11.5 Å². The maximum Gasteiger partial charge on any atom is 0.161 e. The van der Waals surface area contributed by atoms with E-state index in [0.29, 0.717) is 39.6 Å². The molecule has 1 atom stereocenters. The van der Waals surface area contributed by atoms with Gasteiger partial charge in [0.25, 0.3) is 0 Å². The van der Waals surface area contributed by atoms with E-state index in [4.69, 9.17) is 18.9 Å². The van der Waals surface area contributed by atoms with E-state index in [0.717, 1.165) is 42.3 Å². The molecular weight excluding hydrogens is 370 g/mol. The number of para-hydroxylation sites is 2. The third kappa shape index (κ3) is 7.01. The molecule has 0 bridgehead atoms. The minimum Gasteiger partial charge on any atom is -0.487 e. The van der Waals surface area contributed by atoms with Gasteiger partial charge in [0, 0.05) is 19.6 Å². The molecule has 0 amide bonds. The van der Waals surface area contributed by atoms with E-state index < -0.39 is 6.10 Å². The van der Waals surface area contributed by atoms with E-state index in [1.165, 1.54) is 0 Å². The van der Waals surface area contributed by atoms with Gasteiger partial charge < -0.3 is 24.1 Å². The number of benzene rings is 2. The molecule has 3 rings (SSSR count). The van der Waals surface area contributed by atoms with E-state index in [1.54, 1.807) is 6.92 Å². The Bertz CT molecular complexity index is 702. The molecule has 0 aliphatic carbocycles. The lowest BCUT2D eigenvalue weighted by molar-refractivity contribution is 0.0571. The normalized spacial score (nSPS) is 18.4. The molecule has 1 aliphatic rings. The van der Waals surface area contributed by atoms with Crippen LogP contribution in [0.25, 0.3) is 0 Å². The zero-order chi connectivity index (χ0) is 20.3. The molecule has 0 fully saturated rings. The third-order valence-corrected chi connectivity index (χ3v) is 4.82. The van der Waals surface area contributed by atoms with E-state index in [2.05, 4.69) is 11.0 Å². The summed E-state index contributed by atoms with van der Waals surface area (Å²) in [6, 6.07) is 15.7. The molecule has 158 valence electrons. The lowest BCUT2D eigenvalue weighted by Gasteiger charge is -2.24. The highest BCUT2D eigenvalue weighted by Gasteiger charge is 2.12. The van der Waals surface area contributed by atoms with Crippen LogP contribution in [0.2, 0.25) is 0 Å². The second kappa shape index (κ2) is 11.8. The summed E-state index contributed by atoms with van der Waals surface area (Å²) in [6.07, 6.45) is -0.488. The molecule has 1 N–H and O–H groups in total. The molecule has 1 heterocycles. The first-order valence-electron chi connectivity index (χ1n) is 10.2. The Hall–Kier alpha value is -2.12. The molecule has 0 radical (unpaired) electrons. The van der Waals surface area contributed by atoms with E-state index in [-0.39, 0.29) is 0 Å².